The average Bonchev–Trinajstić information content (AvgIpc) is 3.37. The molecule has 0 bridgehead atoms. The number of nitrogens with zero attached hydrogens (tertiary/aromatic N) is 4. The number of aromatic nitrogens is 3. The van der Waals surface area contributed by atoms with Crippen LogP contribution in [0.2, 0.25) is 0 Å². The number of benzene rings is 1. The highest BCUT2D eigenvalue weighted by atomic mass is 16.5. The molecule has 9 nitrogen and oxygen atoms in total. The van der Waals surface area contributed by atoms with Crippen LogP contribution in [0.3, 0.4) is 0 Å². The largest absolute Gasteiger partial charge is 0.494 e. The number of furan rings is 1. The third kappa shape index (κ3) is 3.34. The van der Waals surface area contributed by atoms with Gasteiger partial charge in [0, 0.05) is 18.8 Å². The Morgan fingerprint density at radius 3 is 2.75 bits per heavy atom. The van der Waals surface area contributed by atoms with Gasteiger partial charge in [-0.3, -0.25) is 14.2 Å². The first kappa shape index (κ1) is 17.8. The summed E-state index contributed by atoms with van der Waals surface area (Å²) in [5.74, 6) is 1.20. The summed E-state index contributed by atoms with van der Waals surface area (Å²) in [5.41, 5.74) is 0.178. The molecule has 1 aliphatic heterocycles. The van der Waals surface area contributed by atoms with Gasteiger partial charge in [0.05, 0.1) is 19.4 Å². The monoisotopic (exact) mass is 381 g/mol. The molecule has 1 aromatic carbocycles. The third-order valence-electron chi connectivity index (χ3n) is 4.39. The first-order valence-electron chi connectivity index (χ1n) is 8.96. The second-order valence-corrected chi connectivity index (χ2v) is 6.15. The zero-order valence-corrected chi connectivity index (χ0v) is 15.3. The molecule has 0 radical (unpaired) electrons. The lowest BCUT2D eigenvalue weighted by Crippen LogP contribution is -2.34. The normalized spacial score (nSPS) is 12.7. The van der Waals surface area contributed by atoms with Crippen LogP contribution in [-0.4, -0.2) is 33.8 Å². The molecular weight excluding hydrogens is 362 g/mol. The van der Waals surface area contributed by atoms with Crippen molar-refractivity contribution in [1.29, 1.82) is 0 Å². The van der Waals surface area contributed by atoms with Gasteiger partial charge >= 0.3 is 0 Å². The molecule has 2 aromatic heterocycles. The summed E-state index contributed by atoms with van der Waals surface area (Å²) in [6.45, 7) is 3.68. The van der Waals surface area contributed by atoms with Crippen molar-refractivity contribution < 1.29 is 13.9 Å². The third-order valence-corrected chi connectivity index (χ3v) is 4.39. The first-order chi connectivity index (χ1) is 13.7. The van der Waals surface area contributed by atoms with E-state index in [9.17, 15) is 9.59 Å². The molecule has 9 heteroatoms. The molecule has 0 saturated heterocycles. The Morgan fingerprint density at radius 2 is 2.04 bits per heavy atom. The molecule has 0 spiro atoms. The molecule has 0 unspecified atom stereocenters. The van der Waals surface area contributed by atoms with Crippen LogP contribution >= 0.6 is 0 Å². The maximum absolute atomic E-state index is 12.7. The molecule has 0 fully saturated rings. The van der Waals surface area contributed by atoms with E-state index in [0.717, 1.165) is 11.4 Å². The van der Waals surface area contributed by atoms with Crippen LogP contribution in [0.1, 0.15) is 23.2 Å². The highest BCUT2D eigenvalue weighted by Gasteiger charge is 2.27. The Morgan fingerprint density at radius 1 is 1.21 bits per heavy atom. The summed E-state index contributed by atoms with van der Waals surface area (Å²) >= 11 is 0. The highest BCUT2D eigenvalue weighted by Crippen LogP contribution is 2.28. The number of amides is 1. The van der Waals surface area contributed by atoms with Gasteiger partial charge in [0.2, 0.25) is 11.6 Å². The van der Waals surface area contributed by atoms with E-state index in [1.165, 1.54) is 10.8 Å². The predicted molar refractivity (Wildman–Crippen MR) is 101 cm³/mol. The second-order valence-electron chi connectivity index (χ2n) is 6.15. The molecule has 3 heterocycles. The summed E-state index contributed by atoms with van der Waals surface area (Å²) in [4.78, 5) is 26.9. The quantitative estimate of drug-likeness (QED) is 0.693. The van der Waals surface area contributed by atoms with Gasteiger partial charge in [0.1, 0.15) is 11.5 Å². The number of ether oxygens (including phenoxy) is 1. The van der Waals surface area contributed by atoms with E-state index >= 15 is 0 Å². The van der Waals surface area contributed by atoms with E-state index in [2.05, 4.69) is 15.5 Å². The van der Waals surface area contributed by atoms with Crippen LogP contribution in [0.4, 0.5) is 11.6 Å². The van der Waals surface area contributed by atoms with E-state index in [1.54, 1.807) is 12.1 Å². The lowest BCUT2D eigenvalue weighted by molar-refractivity contribution is 0.0939. The summed E-state index contributed by atoms with van der Waals surface area (Å²) in [7, 11) is 0. The SMILES string of the molecule is CCOc1ccc(N2CCn3c2nnc(C(=O)NCc2ccco2)c3=O)cc1. The maximum atomic E-state index is 12.7. The van der Waals surface area contributed by atoms with Crippen LogP contribution in [0.5, 0.6) is 5.75 Å². The van der Waals surface area contributed by atoms with Gasteiger partial charge in [0.25, 0.3) is 11.5 Å². The van der Waals surface area contributed by atoms with Crippen molar-refractivity contribution in [1.82, 2.24) is 20.1 Å². The number of nitrogens with one attached hydrogen (secondary N) is 1. The van der Waals surface area contributed by atoms with Crippen LogP contribution in [-0.2, 0) is 13.1 Å². The zero-order valence-electron chi connectivity index (χ0n) is 15.3. The fraction of sp³-hybridized carbons (Fsp3) is 0.263. The molecule has 1 N–H and O–H groups in total. The van der Waals surface area contributed by atoms with Crippen molar-refractivity contribution in [3.05, 3.63) is 64.5 Å². The molecule has 0 aliphatic carbocycles. The van der Waals surface area contributed by atoms with E-state index in [1.807, 2.05) is 36.1 Å². The van der Waals surface area contributed by atoms with Gasteiger partial charge in [-0.2, -0.15) is 0 Å². The standard InChI is InChI=1S/C19H19N5O4/c1-2-27-14-7-5-13(6-8-14)23-9-10-24-18(26)16(21-22-19(23)24)17(25)20-12-15-4-3-11-28-15/h3-8,11H,2,9-10,12H2,1H3,(H,20,25). The minimum atomic E-state index is -0.580. The lowest BCUT2D eigenvalue weighted by Gasteiger charge is -2.17. The molecule has 4 rings (SSSR count). The van der Waals surface area contributed by atoms with E-state index in [0.29, 0.717) is 31.4 Å². The Hall–Kier alpha value is -3.62. The topological polar surface area (TPSA) is 102 Å². The van der Waals surface area contributed by atoms with Gasteiger partial charge in [0.15, 0.2) is 0 Å². The molecule has 1 amide bonds. The summed E-state index contributed by atoms with van der Waals surface area (Å²) in [5, 5.41) is 10.6. The Labute approximate surface area is 160 Å². The Kier molecular flexibility index (Phi) is 4.79. The zero-order chi connectivity index (χ0) is 19.5. The number of hydrogen-bond donors (Lipinski definition) is 1. The van der Waals surface area contributed by atoms with Crippen molar-refractivity contribution in [3.63, 3.8) is 0 Å². The number of carbonyl (C=O) groups excluding carboxylic acids is 1. The van der Waals surface area contributed by atoms with Crippen molar-refractivity contribution in [2.75, 3.05) is 18.1 Å². The molecule has 144 valence electrons. The van der Waals surface area contributed by atoms with Crippen LogP contribution < -0.4 is 20.5 Å². The predicted octanol–water partition coefficient (Wildman–Crippen LogP) is 1.71. The minimum absolute atomic E-state index is 0.174. The summed E-state index contributed by atoms with van der Waals surface area (Å²) in [6, 6.07) is 11.0. The van der Waals surface area contributed by atoms with Crippen LogP contribution in [0, 0.1) is 0 Å². The fourth-order valence-corrected chi connectivity index (χ4v) is 3.05. The Bertz CT molecular complexity index is 1030. The summed E-state index contributed by atoms with van der Waals surface area (Å²) < 4.78 is 12.1. The smallest absolute Gasteiger partial charge is 0.286 e. The van der Waals surface area contributed by atoms with Gasteiger partial charge in [-0.15, -0.1) is 10.2 Å². The average molecular weight is 381 g/mol. The van der Waals surface area contributed by atoms with Crippen molar-refractivity contribution in [2.24, 2.45) is 0 Å². The van der Waals surface area contributed by atoms with Crippen LogP contribution in [0.25, 0.3) is 0 Å². The van der Waals surface area contributed by atoms with E-state index < -0.39 is 11.5 Å². The first-order valence-corrected chi connectivity index (χ1v) is 8.96. The second kappa shape index (κ2) is 7.55. The Balaban J connectivity index is 1.54. The number of carbonyl (C=O) groups is 1. The molecular formula is C19H19N5O4. The molecule has 28 heavy (non-hydrogen) atoms. The number of hydrogen-bond acceptors (Lipinski definition) is 7. The molecule has 0 saturated carbocycles. The lowest BCUT2D eigenvalue weighted by atomic mass is 10.3. The fourth-order valence-electron chi connectivity index (χ4n) is 3.05. The molecule has 1 aliphatic rings. The van der Waals surface area contributed by atoms with E-state index in [-0.39, 0.29) is 12.2 Å². The number of fused-ring (bicyclic) bond motifs is 1. The highest BCUT2D eigenvalue weighted by molar-refractivity contribution is 5.91. The van der Waals surface area contributed by atoms with Gasteiger partial charge in [-0.25, -0.2) is 0 Å². The van der Waals surface area contributed by atoms with Gasteiger partial charge < -0.3 is 19.4 Å². The van der Waals surface area contributed by atoms with Gasteiger partial charge in [-0.1, -0.05) is 0 Å². The van der Waals surface area contributed by atoms with E-state index in [4.69, 9.17) is 9.15 Å². The number of anilines is 2. The molecule has 3 aromatic rings. The summed E-state index contributed by atoms with van der Waals surface area (Å²) in [6.07, 6.45) is 1.51. The van der Waals surface area contributed by atoms with Crippen molar-refractivity contribution >= 4 is 17.5 Å². The van der Waals surface area contributed by atoms with Crippen LogP contribution in [0.15, 0.2) is 51.9 Å². The molecule has 0 atom stereocenters. The minimum Gasteiger partial charge on any atom is -0.494 e. The maximum Gasteiger partial charge on any atom is 0.286 e. The van der Waals surface area contributed by atoms with Gasteiger partial charge in [-0.05, 0) is 43.3 Å². The van der Waals surface area contributed by atoms with Crippen molar-refractivity contribution in [2.45, 2.75) is 20.0 Å². The van der Waals surface area contributed by atoms with Crippen molar-refractivity contribution in [3.8, 4) is 5.75 Å². The number of rotatable bonds is 6.